The predicted molar refractivity (Wildman–Crippen MR) is 45.3 cm³/mol. The molecule has 0 aliphatic carbocycles. The minimum atomic E-state index is -0.484. The molecule has 0 fully saturated rings. The number of rotatable bonds is 1. The molecular formula is C7H6N4O2. The smallest absolute Gasteiger partial charge is 0.289 e. The van der Waals surface area contributed by atoms with E-state index in [1.165, 1.54) is 12.3 Å². The minimum absolute atomic E-state index is 0.0313. The summed E-state index contributed by atoms with van der Waals surface area (Å²) < 4.78 is 0. The van der Waals surface area contributed by atoms with E-state index in [2.05, 4.69) is 15.0 Å². The van der Waals surface area contributed by atoms with Crippen LogP contribution in [-0.2, 0) is 0 Å². The molecule has 0 saturated carbocycles. The van der Waals surface area contributed by atoms with Gasteiger partial charge in [0.2, 0.25) is 0 Å². The highest BCUT2D eigenvalue weighted by Crippen LogP contribution is 2.15. The summed E-state index contributed by atoms with van der Waals surface area (Å²) in [6.07, 6.45) is 1.20. The molecule has 0 atom stereocenters. The first-order chi connectivity index (χ1) is 6.16. The van der Waals surface area contributed by atoms with Crippen molar-refractivity contribution in [2.24, 2.45) is 0 Å². The van der Waals surface area contributed by atoms with E-state index in [0.29, 0.717) is 17.0 Å². The molecule has 0 unspecified atom stereocenters. The molecule has 2 aromatic rings. The molecule has 0 spiro atoms. The highest BCUT2D eigenvalue weighted by Gasteiger charge is 2.08. The summed E-state index contributed by atoms with van der Waals surface area (Å²) in [5.74, 6) is 0.697. The van der Waals surface area contributed by atoms with Gasteiger partial charge < -0.3 is 4.98 Å². The van der Waals surface area contributed by atoms with Crippen LogP contribution in [0.5, 0.6) is 0 Å². The maximum atomic E-state index is 10.4. The Labute approximate surface area is 72.8 Å². The Morgan fingerprint density at radius 1 is 1.62 bits per heavy atom. The molecule has 6 heteroatoms. The van der Waals surface area contributed by atoms with Crippen LogP contribution in [0.2, 0.25) is 0 Å². The van der Waals surface area contributed by atoms with Crippen LogP contribution in [0.4, 0.5) is 5.69 Å². The number of aromatic amines is 1. The van der Waals surface area contributed by atoms with E-state index in [1.807, 2.05) is 0 Å². The van der Waals surface area contributed by atoms with Crippen molar-refractivity contribution in [3.05, 3.63) is 28.2 Å². The number of pyridine rings is 1. The van der Waals surface area contributed by atoms with Crippen molar-refractivity contribution in [3.8, 4) is 0 Å². The van der Waals surface area contributed by atoms with Gasteiger partial charge in [-0.25, -0.2) is 9.97 Å². The number of imidazole rings is 1. The SMILES string of the molecule is Cc1nc2ncc([N+](=O)[O-])cc2[nH]1. The number of aromatic nitrogens is 3. The van der Waals surface area contributed by atoms with Crippen molar-refractivity contribution in [2.45, 2.75) is 6.92 Å². The van der Waals surface area contributed by atoms with E-state index in [-0.39, 0.29) is 5.69 Å². The minimum Gasteiger partial charge on any atom is -0.341 e. The Balaban J connectivity index is 2.67. The Morgan fingerprint density at radius 3 is 3.08 bits per heavy atom. The fourth-order valence-corrected chi connectivity index (χ4v) is 1.11. The van der Waals surface area contributed by atoms with Crippen molar-refractivity contribution in [1.29, 1.82) is 0 Å². The summed E-state index contributed by atoms with van der Waals surface area (Å²) >= 11 is 0. The lowest BCUT2D eigenvalue weighted by atomic mass is 10.4. The number of nitrogens with zero attached hydrogens (tertiary/aromatic N) is 3. The fourth-order valence-electron chi connectivity index (χ4n) is 1.11. The molecule has 6 nitrogen and oxygen atoms in total. The molecule has 1 N–H and O–H groups in total. The zero-order valence-corrected chi connectivity index (χ0v) is 6.81. The van der Waals surface area contributed by atoms with Crippen LogP contribution >= 0.6 is 0 Å². The molecule has 2 rings (SSSR count). The Kier molecular flexibility index (Phi) is 1.48. The van der Waals surface area contributed by atoms with Gasteiger partial charge in [-0.1, -0.05) is 0 Å². The zero-order chi connectivity index (χ0) is 9.42. The first-order valence-corrected chi connectivity index (χ1v) is 3.63. The Bertz CT molecular complexity index is 476. The highest BCUT2D eigenvalue weighted by atomic mass is 16.6. The normalized spacial score (nSPS) is 10.5. The zero-order valence-electron chi connectivity index (χ0n) is 6.81. The van der Waals surface area contributed by atoms with E-state index in [9.17, 15) is 10.1 Å². The third-order valence-electron chi connectivity index (χ3n) is 1.65. The monoisotopic (exact) mass is 178 g/mol. The van der Waals surface area contributed by atoms with E-state index < -0.39 is 4.92 Å². The third-order valence-corrected chi connectivity index (χ3v) is 1.65. The molecule has 0 aromatic carbocycles. The van der Waals surface area contributed by atoms with Gasteiger partial charge in [0.15, 0.2) is 5.65 Å². The quantitative estimate of drug-likeness (QED) is 0.524. The highest BCUT2D eigenvalue weighted by molar-refractivity contribution is 5.72. The lowest BCUT2D eigenvalue weighted by Crippen LogP contribution is -1.88. The molecule has 13 heavy (non-hydrogen) atoms. The van der Waals surface area contributed by atoms with Gasteiger partial charge in [-0.3, -0.25) is 10.1 Å². The Morgan fingerprint density at radius 2 is 2.38 bits per heavy atom. The molecule has 0 aliphatic heterocycles. The molecule has 0 aliphatic rings. The van der Waals surface area contributed by atoms with Gasteiger partial charge in [0, 0.05) is 6.07 Å². The van der Waals surface area contributed by atoms with Crippen LogP contribution < -0.4 is 0 Å². The number of nitro groups is 1. The van der Waals surface area contributed by atoms with Crippen LogP contribution in [0.1, 0.15) is 5.82 Å². The molecule has 66 valence electrons. The molecule has 0 radical (unpaired) electrons. The number of fused-ring (bicyclic) bond motifs is 1. The second-order valence-corrected chi connectivity index (χ2v) is 2.64. The predicted octanol–water partition coefficient (Wildman–Crippen LogP) is 1.17. The van der Waals surface area contributed by atoms with Crippen LogP contribution in [0, 0.1) is 17.0 Å². The fraction of sp³-hybridized carbons (Fsp3) is 0.143. The van der Waals surface area contributed by atoms with Crippen molar-refractivity contribution in [3.63, 3.8) is 0 Å². The number of hydrogen-bond acceptors (Lipinski definition) is 4. The van der Waals surface area contributed by atoms with Gasteiger partial charge in [-0.2, -0.15) is 0 Å². The molecule has 0 bridgehead atoms. The van der Waals surface area contributed by atoms with Gasteiger partial charge in [0.1, 0.15) is 12.0 Å². The summed E-state index contributed by atoms with van der Waals surface area (Å²) in [4.78, 5) is 20.6. The van der Waals surface area contributed by atoms with Crippen LogP contribution in [0.3, 0.4) is 0 Å². The second-order valence-electron chi connectivity index (χ2n) is 2.64. The third kappa shape index (κ3) is 1.22. The maximum Gasteiger partial charge on any atom is 0.289 e. The first-order valence-electron chi connectivity index (χ1n) is 3.63. The van der Waals surface area contributed by atoms with Crippen molar-refractivity contribution in [1.82, 2.24) is 15.0 Å². The van der Waals surface area contributed by atoms with Crippen LogP contribution in [-0.4, -0.2) is 19.9 Å². The van der Waals surface area contributed by atoms with Gasteiger partial charge in [-0.05, 0) is 6.92 Å². The van der Waals surface area contributed by atoms with Crippen molar-refractivity contribution < 1.29 is 4.92 Å². The largest absolute Gasteiger partial charge is 0.341 e. The first kappa shape index (κ1) is 7.66. The molecular weight excluding hydrogens is 172 g/mol. The van der Waals surface area contributed by atoms with Gasteiger partial charge in [0.25, 0.3) is 5.69 Å². The summed E-state index contributed by atoms with van der Waals surface area (Å²) in [5, 5.41) is 10.4. The number of hydrogen-bond donors (Lipinski definition) is 1. The number of nitrogens with one attached hydrogen (secondary N) is 1. The summed E-state index contributed by atoms with van der Waals surface area (Å²) in [5.41, 5.74) is 1.06. The van der Waals surface area contributed by atoms with Crippen LogP contribution in [0.15, 0.2) is 12.3 Å². The van der Waals surface area contributed by atoms with E-state index >= 15 is 0 Å². The standard InChI is InChI=1S/C7H6N4O2/c1-4-9-6-2-5(11(12)13)3-8-7(6)10-4/h2-3H,1H3,(H,8,9,10). The summed E-state index contributed by atoms with van der Waals surface area (Å²) in [6.45, 7) is 1.77. The maximum absolute atomic E-state index is 10.4. The summed E-state index contributed by atoms with van der Waals surface area (Å²) in [7, 11) is 0. The topological polar surface area (TPSA) is 84.7 Å². The summed E-state index contributed by atoms with van der Waals surface area (Å²) in [6, 6.07) is 1.42. The van der Waals surface area contributed by atoms with E-state index in [0.717, 1.165) is 0 Å². The lowest BCUT2D eigenvalue weighted by molar-refractivity contribution is -0.385. The van der Waals surface area contributed by atoms with Crippen molar-refractivity contribution in [2.75, 3.05) is 0 Å². The van der Waals surface area contributed by atoms with E-state index in [1.54, 1.807) is 6.92 Å². The van der Waals surface area contributed by atoms with Gasteiger partial charge >= 0.3 is 0 Å². The second kappa shape index (κ2) is 2.51. The Hall–Kier alpha value is -1.98. The average Bonchev–Trinajstić information content (AvgIpc) is 2.42. The number of aryl methyl sites for hydroxylation is 1. The van der Waals surface area contributed by atoms with Crippen molar-refractivity contribution >= 4 is 16.9 Å². The molecule has 0 amide bonds. The molecule has 2 heterocycles. The average molecular weight is 178 g/mol. The van der Waals surface area contributed by atoms with E-state index in [4.69, 9.17) is 0 Å². The van der Waals surface area contributed by atoms with Gasteiger partial charge in [-0.15, -0.1) is 0 Å². The lowest BCUT2D eigenvalue weighted by Gasteiger charge is -1.88. The molecule has 0 saturated heterocycles. The van der Waals surface area contributed by atoms with Crippen LogP contribution in [0.25, 0.3) is 11.2 Å². The van der Waals surface area contributed by atoms with Gasteiger partial charge in [0.05, 0.1) is 10.4 Å². The molecule has 2 aromatic heterocycles. The number of H-pyrrole nitrogens is 1.